The third-order valence-electron chi connectivity index (χ3n) is 2.80. The fraction of sp³-hybridized carbons (Fsp3) is 0.500. The van der Waals surface area contributed by atoms with E-state index in [0.29, 0.717) is 6.54 Å². The molecule has 2 atom stereocenters. The van der Waals surface area contributed by atoms with E-state index < -0.39 is 0 Å². The molecule has 1 aromatic carbocycles. The zero-order chi connectivity index (χ0) is 13.5. The van der Waals surface area contributed by atoms with Crippen LogP contribution >= 0.6 is 11.6 Å². The maximum absolute atomic E-state index is 11.8. The molecule has 18 heavy (non-hydrogen) atoms. The van der Waals surface area contributed by atoms with E-state index in [-0.39, 0.29) is 17.9 Å². The van der Waals surface area contributed by atoms with E-state index >= 15 is 0 Å². The van der Waals surface area contributed by atoms with Crippen LogP contribution in [0, 0.1) is 5.92 Å². The Morgan fingerprint density at radius 3 is 2.44 bits per heavy atom. The molecule has 2 N–H and O–H groups in total. The quantitative estimate of drug-likeness (QED) is 0.831. The highest BCUT2D eigenvalue weighted by molar-refractivity contribution is 6.30. The van der Waals surface area contributed by atoms with Crippen molar-refractivity contribution in [3.63, 3.8) is 0 Å². The normalized spacial score (nSPS) is 14.0. The molecule has 0 aliphatic carbocycles. The lowest BCUT2D eigenvalue weighted by Gasteiger charge is -2.17. The number of amides is 1. The molecule has 1 rings (SSSR count). The number of benzene rings is 1. The van der Waals surface area contributed by atoms with Crippen molar-refractivity contribution < 1.29 is 4.79 Å². The van der Waals surface area contributed by atoms with E-state index in [2.05, 4.69) is 10.6 Å². The van der Waals surface area contributed by atoms with Gasteiger partial charge in [0.05, 0.1) is 0 Å². The molecule has 2 unspecified atom stereocenters. The van der Waals surface area contributed by atoms with Gasteiger partial charge in [-0.15, -0.1) is 0 Å². The summed E-state index contributed by atoms with van der Waals surface area (Å²) >= 11 is 5.83. The summed E-state index contributed by atoms with van der Waals surface area (Å²) in [6.45, 7) is 4.62. The van der Waals surface area contributed by atoms with Gasteiger partial charge < -0.3 is 10.6 Å². The maximum Gasteiger partial charge on any atom is 0.224 e. The highest BCUT2D eigenvalue weighted by atomic mass is 35.5. The van der Waals surface area contributed by atoms with Crippen LogP contribution in [0.3, 0.4) is 0 Å². The lowest BCUT2D eigenvalue weighted by molar-refractivity contribution is -0.124. The summed E-state index contributed by atoms with van der Waals surface area (Å²) in [5.41, 5.74) is 1.17. The van der Waals surface area contributed by atoms with Crippen molar-refractivity contribution in [2.24, 2.45) is 5.92 Å². The predicted molar refractivity (Wildman–Crippen MR) is 75.9 cm³/mol. The van der Waals surface area contributed by atoms with Gasteiger partial charge in [-0.2, -0.15) is 0 Å². The molecule has 0 bridgehead atoms. The minimum Gasteiger partial charge on any atom is -0.353 e. The number of nitrogens with one attached hydrogen (secondary N) is 2. The molecule has 0 spiro atoms. The largest absolute Gasteiger partial charge is 0.353 e. The van der Waals surface area contributed by atoms with Crippen LogP contribution in [-0.2, 0) is 11.2 Å². The molecular weight excluding hydrogens is 248 g/mol. The van der Waals surface area contributed by atoms with E-state index in [1.807, 2.05) is 45.2 Å². The molecule has 0 radical (unpaired) electrons. The SMILES string of the molecule is CNCC(C)C(=O)NC(C)Cc1ccc(Cl)cc1. The van der Waals surface area contributed by atoms with E-state index in [1.165, 1.54) is 5.56 Å². The minimum absolute atomic E-state index is 0.0114. The molecule has 1 aromatic rings. The van der Waals surface area contributed by atoms with Crippen molar-refractivity contribution in [3.8, 4) is 0 Å². The van der Waals surface area contributed by atoms with Gasteiger partial charge >= 0.3 is 0 Å². The van der Waals surface area contributed by atoms with Crippen LogP contribution in [0.4, 0.5) is 0 Å². The van der Waals surface area contributed by atoms with Crippen LogP contribution in [0.5, 0.6) is 0 Å². The Labute approximate surface area is 114 Å². The zero-order valence-corrected chi connectivity index (χ0v) is 11.9. The Hall–Kier alpha value is -1.06. The molecule has 0 fully saturated rings. The fourth-order valence-corrected chi connectivity index (χ4v) is 1.94. The highest BCUT2D eigenvalue weighted by Gasteiger charge is 2.14. The molecule has 0 aromatic heterocycles. The van der Waals surface area contributed by atoms with Crippen molar-refractivity contribution in [2.45, 2.75) is 26.3 Å². The molecule has 100 valence electrons. The van der Waals surface area contributed by atoms with Crippen LogP contribution in [0.1, 0.15) is 19.4 Å². The average molecular weight is 269 g/mol. The third-order valence-corrected chi connectivity index (χ3v) is 3.05. The lowest BCUT2D eigenvalue weighted by atomic mass is 10.1. The zero-order valence-electron chi connectivity index (χ0n) is 11.2. The summed E-state index contributed by atoms with van der Waals surface area (Å²) in [5, 5.41) is 6.75. The number of halogens is 1. The first-order valence-corrected chi connectivity index (χ1v) is 6.60. The van der Waals surface area contributed by atoms with E-state index in [0.717, 1.165) is 11.4 Å². The van der Waals surface area contributed by atoms with Gasteiger partial charge in [0.1, 0.15) is 0 Å². The molecule has 0 aliphatic heterocycles. The van der Waals surface area contributed by atoms with E-state index in [4.69, 9.17) is 11.6 Å². The third kappa shape index (κ3) is 5.07. The van der Waals surface area contributed by atoms with Crippen LogP contribution in [-0.4, -0.2) is 25.5 Å². The molecular formula is C14H21ClN2O. The van der Waals surface area contributed by atoms with Crippen LogP contribution in [0.2, 0.25) is 5.02 Å². The molecule has 3 nitrogen and oxygen atoms in total. The van der Waals surface area contributed by atoms with Gasteiger partial charge in [-0.25, -0.2) is 0 Å². The Morgan fingerprint density at radius 1 is 1.28 bits per heavy atom. The lowest BCUT2D eigenvalue weighted by Crippen LogP contribution is -2.40. The highest BCUT2D eigenvalue weighted by Crippen LogP contribution is 2.11. The van der Waals surface area contributed by atoms with Crippen molar-refractivity contribution >= 4 is 17.5 Å². The van der Waals surface area contributed by atoms with Gasteiger partial charge in [-0.05, 0) is 38.1 Å². The van der Waals surface area contributed by atoms with Crippen molar-refractivity contribution in [1.29, 1.82) is 0 Å². The predicted octanol–water partition coefficient (Wildman–Crippen LogP) is 2.24. The monoisotopic (exact) mass is 268 g/mol. The standard InChI is InChI=1S/C14H21ClN2O/c1-10(9-16-3)14(18)17-11(2)8-12-4-6-13(15)7-5-12/h4-7,10-11,16H,8-9H2,1-3H3,(H,17,18). The Bertz CT molecular complexity index is 378. The van der Waals surface area contributed by atoms with Crippen LogP contribution in [0.15, 0.2) is 24.3 Å². The van der Waals surface area contributed by atoms with Gasteiger partial charge in [0.15, 0.2) is 0 Å². The summed E-state index contributed by atoms with van der Waals surface area (Å²) < 4.78 is 0. The van der Waals surface area contributed by atoms with Gasteiger partial charge in [0.25, 0.3) is 0 Å². The molecule has 4 heteroatoms. The summed E-state index contributed by atoms with van der Waals surface area (Å²) in [6.07, 6.45) is 0.815. The van der Waals surface area contributed by atoms with Crippen molar-refractivity contribution in [3.05, 3.63) is 34.9 Å². The number of carbonyl (C=O) groups excluding carboxylic acids is 1. The van der Waals surface area contributed by atoms with E-state index in [1.54, 1.807) is 0 Å². The Morgan fingerprint density at radius 2 is 1.89 bits per heavy atom. The second-order valence-electron chi connectivity index (χ2n) is 4.70. The second kappa shape index (κ2) is 7.39. The van der Waals surface area contributed by atoms with Crippen molar-refractivity contribution in [1.82, 2.24) is 10.6 Å². The minimum atomic E-state index is -0.0114. The number of rotatable bonds is 6. The first-order valence-electron chi connectivity index (χ1n) is 6.22. The summed E-state index contributed by atoms with van der Waals surface area (Å²) in [4.78, 5) is 11.8. The van der Waals surface area contributed by atoms with Gasteiger partial charge in [-0.1, -0.05) is 30.7 Å². The van der Waals surface area contributed by atoms with Gasteiger partial charge in [0.2, 0.25) is 5.91 Å². The van der Waals surface area contributed by atoms with Gasteiger partial charge in [-0.3, -0.25) is 4.79 Å². The molecule has 0 saturated heterocycles. The Balaban J connectivity index is 2.43. The summed E-state index contributed by atoms with van der Waals surface area (Å²) in [5.74, 6) is 0.0773. The maximum atomic E-state index is 11.8. The van der Waals surface area contributed by atoms with Crippen LogP contribution in [0.25, 0.3) is 0 Å². The molecule has 0 heterocycles. The van der Waals surface area contributed by atoms with E-state index in [9.17, 15) is 4.79 Å². The van der Waals surface area contributed by atoms with Crippen molar-refractivity contribution in [2.75, 3.05) is 13.6 Å². The summed E-state index contributed by atoms with van der Waals surface area (Å²) in [6, 6.07) is 7.84. The fourth-order valence-electron chi connectivity index (χ4n) is 1.81. The first kappa shape index (κ1) is 15.0. The smallest absolute Gasteiger partial charge is 0.224 e. The topological polar surface area (TPSA) is 41.1 Å². The summed E-state index contributed by atoms with van der Waals surface area (Å²) in [7, 11) is 1.85. The number of hydrogen-bond acceptors (Lipinski definition) is 2. The first-order chi connectivity index (χ1) is 8.52. The molecule has 0 aliphatic rings. The average Bonchev–Trinajstić information content (AvgIpc) is 2.32. The molecule has 0 saturated carbocycles. The van der Waals surface area contributed by atoms with Crippen LogP contribution < -0.4 is 10.6 Å². The molecule has 1 amide bonds. The number of carbonyl (C=O) groups is 1. The number of hydrogen-bond donors (Lipinski definition) is 2. The second-order valence-corrected chi connectivity index (χ2v) is 5.14. The van der Waals surface area contributed by atoms with Gasteiger partial charge in [0, 0.05) is 23.5 Å². The Kier molecular flexibility index (Phi) is 6.16.